The third kappa shape index (κ3) is 3.70. The summed E-state index contributed by atoms with van der Waals surface area (Å²) in [5.74, 6) is 0.739. The predicted molar refractivity (Wildman–Crippen MR) is 94.3 cm³/mol. The molecule has 3 rings (SSSR count). The lowest BCUT2D eigenvalue weighted by atomic mass is 9.93. The fraction of sp³-hybridized carbons (Fsp3) is 0.562. The van der Waals surface area contributed by atoms with E-state index in [-0.39, 0.29) is 5.91 Å². The number of carbonyl (C=O) groups is 1. The molecular formula is C16H23BrN6O. The van der Waals surface area contributed by atoms with Gasteiger partial charge in [-0.1, -0.05) is 0 Å². The molecule has 1 aliphatic heterocycles. The smallest absolute Gasteiger partial charge is 0.216 e. The molecule has 1 saturated heterocycles. The molecule has 8 heteroatoms. The maximum atomic E-state index is 11.3. The SMILES string of the molecule is CC(=O)NC[C@@H]1CN(Cc2nn(C)cc2Br)C[C@H]1c1cncn1C. The van der Waals surface area contributed by atoms with Crippen molar-refractivity contribution in [3.63, 3.8) is 0 Å². The van der Waals surface area contributed by atoms with Crippen LogP contribution in [0.5, 0.6) is 0 Å². The molecule has 130 valence electrons. The minimum absolute atomic E-state index is 0.0182. The molecule has 24 heavy (non-hydrogen) atoms. The molecule has 1 N–H and O–H groups in total. The second kappa shape index (κ2) is 7.06. The first-order valence-corrected chi connectivity index (χ1v) is 8.84. The first-order valence-electron chi connectivity index (χ1n) is 8.05. The molecule has 0 aromatic carbocycles. The number of rotatable bonds is 5. The molecular weight excluding hydrogens is 372 g/mol. The number of nitrogens with zero attached hydrogens (tertiary/aromatic N) is 5. The fourth-order valence-electron chi connectivity index (χ4n) is 3.46. The third-order valence-corrected chi connectivity index (χ3v) is 5.25. The van der Waals surface area contributed by atoms with Crippen molar-refractivity contribution in [2.24, 2.45) is 20.0 Å². The van der Waals surface area contributed by atoms with E-state index >= 15 is 0 Å². The van der Waals surface area contributed by atoms with Crippen molar-refractivity contribution in [1.29, 1.82) is 0 Å². The summed E-state index contributed by atoms with van der Waals surface area (Å²) >= 11 is 3.57. The number of halogens is 1. The molecule has 2 atom stereocenters. The van der Waals surface area contributed by atoms with E-state index in [1.807, 2.05) is 37.5 Å². The number of aromatic nitrogens is 4. The Morgan fingerprint density at radius 1 is 1.42 bits per heavy atom. The van der Waals surface area contributed by atoms with Crippen LogP contribution in [0.15, 0.2) is 23.2 Å². The van der Waals surface area contributed by atoms with E-state index in [1.165, 1.54) is 5.69 Å². The van der Waals surface area contributed by atoms with Gasteiger partial charge in [0.15, 0.2) is 0 Å². The van der Waals surface area contributed by atoms with E-state index < -0.39 is 0 Å². The van der Waals surface area contributed by atoms with Gasteiger partial charge in [0, 0.05) is 71.2 Å². The number of hydrogen-bond acceptors (Lipinski definition) is 4. The number of imidazole rings is 1. The molecule has 0 saturated carbocycles. The number of likely N-dealkylation sites (tertiary alicyclic amines) is 1. The second-order valence-corrected chi connectivity index (χ2v) is 7.38. The van der Waals surface area contributed by atoms with Crippen LogP contribution < -0.4 is 5.32 Å². The Hall–Kier alpha value is -1.67. The van der Waals surface area contributed by atoms with Crippen molar-refractivity contribution >= 4 is 21.8 Å². The Morgan fingerprint density at radius 3 is 2.79 bits per heavy atom. The highest BCUT2D eigenvalue weighted by Crippen LogP contribution is 2.33. The van der Waals surface area contributed by atoms with Gasteiger partial charge in [-0.15, -0.1) is 0 Å². The molecule has 0 unspecified atom stereocenters. The van der Waals surface area contributed by atoms with Crippen molar-refractivity contribution in [2.45, 2.75) is 19.4 Å². The van der Waals surface area contributed by atoms with Crippen LogP contribution in [0, 0.1) is 5.92 Å². The quantitative estimate of drug-likeness (QED) is 0.828. The molecule has 1 aliphatic rings. The normalized spacial score (nSPS) is 21.3. The molecule has 0 spiro atoms. The van der Waals surface area contributed by atoms with Crippen molar-refractivity contribution in [2.75, 3.05) is 19.6 Å². The number of nitrogens with one attached hydrogen (secondary N) is 1. The monoisotopic (exact) mass is 394 g/mol. The lowest BCUT2D eigenvalue weighted by molar-refractivity contribution is -0.119. The zero-order chi connectivity index (χ0) is 17.3. The lowest BCUT2D eigenvalue weighted by Crippen LogP contribution is -2.31. The van der Waals surface area contributed by atoms with Gasteiger partial charge in [0.1, 0.15) is 0 Å². The maximum absolute atomic E-state index is 11.3. The van der Waals surface area contributed by atoms with Crippen LogP contribution in [0.2, 0.25) is 0 Å². The summed E-state index contributed by atoms with van der Waals surface area (Å²) in [7, 11) is 3.95. The summed E-state index contributed by atoms with van der Waals surface area (Å²) < 4.78 is 4.93. The van der Waals surface area contributed by atoms with Gasteiger partial charge in [0.25, 0.3) is 0 Å². The summed E-state index contributed by atoms with van der Waals surface area (Å²) in [5.41, 5.74) is 2.26. The van der Waals surface area contributed by atoms with Gasteiger partial charge in [-0.25, -0.2) is 4.98 Å². The van der Waals surface area contributed by atoms with Gasteiger partial charge >= 0.3 is 0 Å². The summed E-state index contributed by atoms with van der Waals surface area (Å²) in [4.78, 5) is 18.0. The Kier molecular flexibility index (Phi) is 5.05. The second-order valence-electron chi connectivity index (χ2n) is 6.52. The van der Waals surface area contributed by atoms with Gasteiger partial charge in [0.2, 0.25) is 5.91 Å². The summed E-state index contributed by atoms with van der Waals surface area (Å²) in [6, 6.07) is 0. The number of amides is 1. The number of hydrogen-bond donors (Lipinski definition) is 1. The predicted octanol–water partition coefficient (Wildman–Crippen LogP) is 1.27. The average molecular weight is 395 g/mol. The van der Waals surface area contributed by atoms with Crippen LogP contribution >= 0.6 is 15.9 Å². The molecule has 1 amide bonds. The van der Waals surface area contributed by atoms with Crippen molar-refractivity contribution in [3.05, 3.63) is 34.6 Å². The van der Waals surface area contributed by atoms with Crippen molar-refractivity contribution in [1.82, 2.24) is 29.5 Å². The Morgan fingerprint density at radius 2 is 2.21 bits per heavy atom. The highest BCUT2D eigenvalue weighted by molar-refractivity contribution is 9.10. The maximum Gasteiger partial charge on any atom is 0.216 e. The summed E-state index contributed by atoms with van der Waals surface area (Å²) in [5, 5.41) is 7.49. The molecule has 2 aromatic rings. The van der Waals surface area contributed by atoms with E-state index in [0.717, 1.165) is 29.8 Å². The summed E-state index contributed by atoms with van der Waals surface area (Å²) in [6.07, 6.45) is 5.74. The topological polar surface area (TPSA) is 68.0 Å². The van der Waals surface area contributed by atoms with Crippen LogP contribution in [0.4, 0.5) is 0 Å². The Labute approximate surface area is 150 Å². The fourth-order valence-corrected chi connectivity index (χ4v) is 3.96. The molecule has 0 bridgehead atoms. The number of carbonyl (C=O) groups excluding carboxylic acids is 1. The zero-order valence-electron chi connectivity index (χ0n) is 14.2. The van der Waals surface area contributed by atoms with Crippen LogP contribution in [0.25, 0.3) is 0 Å². The van der Waals surface area contributed by atoms with Crippen molar-refractivity contribution < 1.29 is 4.79 Å². The van der Waals surface area contributed by atoms with E-state index in [4.69, 9.17) is 0 Å². The summed E-state index contributed by atoms with van der Waals surface area (Å²) in [6.45, 7) is 4.92. The minimum atomic E-state index is 0.0182. The lowest BCUT2D eigenvalue weighted by Gasteiger charge is -2.18. The number of aryl methyl sites for hydroxylation is 2. The Balaban J connectivity index is 1.75. The minimum Gasteiger partial charge on any atom is -0.356 e. The van der Waals surface area contributed by atoms with E-state index in [9.17, 15) is 4.79 Å². The van der Waals surface area contributed by atoms with Gasteiger partial charge in [0.05, 0.1) is 16.5 Å². The van der Waals surface area contributed by atoms with E-state index in [0.29, 0.717) is 18.4 Å². The largest absolute Gasteiger partial charge is 0.356 e. The van der Waals surface area contributed by atoms with Crippen LogP contribution in [0.1, 0.15) is 24.2 Å². The molecule has 0 radical (unpaired) electrons. The van der Waals surface area contributed by atoms with Gasteiger partial charge in [-0.2, -0.15) is 5.10 Å². The first kappa shape index (κ1) is 17.2. The average Bonchev–Trinajstić information content (AvgIpc) is 3.17. The Bertz CT molecular complexity index is 724. The molecule has 3 heterocycles. The standard InChI is InChI=1S/C16H23BrN6O/c1-11(24)19-4-12-6-23(9-15-14(17)8-22(3)20-15)7-13(12)16-5-18-10-21(16)2/h5,8,10,12-13H,4,6-7,9H2,1-3H3,(H,19,24)/t12-,13-/m1/s1. The highest BCUT2D eigenvalue weighted by atomic mass is 79.9. The van der Waals surface area contributed by atoms with Crippen LogP contribution in [-0.2, 0) is 25.4 Å². The van der Waals surface area contributed by atoms with Gasteiger partial charge in [-0.3, -0.25) is 14.4 Å². The zero-order valence-corrected chi connectivity index (χ0v) is 15.8. The molecule has 7 nitrogen and oxygen atoms in total. The molecule has 2 aromatic heterocycles. The van der Waals surface area contributed by atoms with Crippen LogP contribution in [0.3, 0.4) is 0 Å². The van der Waals surface area contributed by atoms with Crippen molar-refractivity contribution in [3.8, 4) is 0 Å². The highest BCUT2D eigenvalue weighted by Gasteiger charge is 2.35. The van der Waals surface area contributed by atoms with E-state index in [1.54, 1.807) is 6.92 Å². The van der Waals surface area contributed by atoms with Crippen LogP contribution in [-0.4, -0.2) is 49.8 Å². The molecule has 0 aliphatic carbocycles. The first-order chi connectivity index (χ1) is 11.4. The molecule has 1 fully saturated rings. The van der Waals surface area contributed by atoms with Gasteiger partial charge in [-0.05, 0) is 21.8 Å². The third-order valence-electron chi connectivity index (χ3n) is 4.59. The van der Waals surface area contributed by atoms with Gasteiger partial charge < -0.3 is 9.88 Å². The van der Waals surface area contributed by atoms with E-state index in [2.05, 4.69) is 40.8 Å².